The highest BCUT2D eigenvalue weighted by Gasteiger charge is 2.25. The third-order valence-corrected chi connectivity index (χ3v) is 4.59. The van der Waals surface area contributed by atoms with Gasteiger partial charge in [0.15, 0.2) is 5.70 Å². The van der Waals surface area contributed by atoms with Crippen molar-refractivity contribution < 1.29 is 14.3 Å². The quantitative estimate of drug-likeness (QED) is 0.453. The topological polar surface area (TPSA) is 73.6 Å². The average molecular weight is 436 g/mol. The van der Waals surface area contributed by atoms with Crippen LogP contribution in [0.25, 0.3) is 17.3 Å². The van der Waals surface area contributed by atoms with Crippen molar-refractivity contribution in [3.63, 3.8) is 0 Å². The third kappa shape index (κ3) is 3.57. The molecule has 2 aromatic carbocycles. The first-order chi connectivity index (χ1) is 13.5. The minimum Gasteiger partial charge on any atom is -0.402 e. The van der Waals surface area contributed by atoms with Gasteiger partial charge in [0.25, 0.3) is 0 Å². The van der Waals surface area contributed by atoms with Gasteiger partial charge in [0.2, 0.25) is 11.8 Å². The lowest BCUT2D eigenvalue weighted by Gasteiger charge is -1.99. The SMILES string of the molecule is CC(=O)n1cc(/C=C2\N=C(c3cccc(Br)c3)OC2=O)c(-c2ccccc2)n1. The summed E-state index contributed by atoms with van der Waals surface area (Å²) < 4.78 is 7.42. The number of aromatic nitrogens is 2. The van der Waals surface area contributed by atoms with Crippen LogP contribution in [0.1, 0.15) is 22.8 Å². The number of rotatable bonds is 3. The second kappa shape index (κ2) is 7.36. The number of cyclic esters (lactones) is 1. The van der Waals surface area contributed by atoms with Crippen molar-refractivity contribution in [2.24, 2.45) is 4.99 Å². The first-order valence-electron chi connectivity index (χ1n) is 8.46. The third-order valence-electron chi connectivity index (χ3n) is 4.10. The molecule has 1 aromatic heterocycles. The summed E-state index contributed by atoms with van der Waals surface area (Å²) in [6.07, 6.45) is 3.17. The highest BCUT2D eigenvalue weighted by atomic mass is 79.9. The Morgan fingerprint density at radius 3 is 2.57 bits per heavy atom. The number of hydrogen-bond donors (Lipinski definition) is 0. The van der Waals surface area contributed by atoms with Crippen molar-refractivity contribution in [2.45, 2.75) is 6.92 Å². The van der Waals surface area contributed by atoms with Crippen LogP contribution in [0.15, 0.2) is 76.0 Å². The smallest absolute Gasteiger partial charge is 0.363 e. The predicted octanol–water partition coefficient (Wildman–Crippen LogP) is 4.32. The molecule has 138 valence electrons. The second-order valence-corrected chi connectivity index (χ2v) is 7.02. The summed E-state index contributed by atoms with van der Waals surface area (Å²) in [4.78, 5) is 28.4. The number of ether oxygens (including phenoxy) is 1. The van der Waals surface area contributed by atoms with Gasteiger partial charge in [-0.3, -0.25) is 4.79 Å². The highest BCUT2D eigenvalue weighted by molar-refractivity contribution is 9.10. The Morgan fingerprint density at radius 1 is 1.11 bits per heavy atom. The summed E-state index contributed by atoms with van der Waals surface area (Å²) >= 11 is 3.39. The summed E-state index contributed by atoms with van der Waals surface area (Å²) in [5, 5.41) is 4.35. The molecule has 0 saturated heterocycles. The predicted molar refractivity (Wildman–Crippen MR) is 109 cm³/mol. The van der Waals surface area contributed by atoms with Gasteiger partial charge in [0, 0.05) is 34.3 Å². The lowest BCUT2D eigenvalue weighted by atomic mass is 10.1. The van der Waals surface area contributed by atoms with Crippen molar-refractivity contribution in [3.8, 4) is 11.3 Å². The summed E-state index contributed by atoms with van der Waals surface area (Å²) in [7, 11) is 0. The van der Waals surface area contributed by atoms with Crippen LogP contribution < -0.4 is 0 Å². The fourth-order valence-electron chi connectivity index (χ4n) is 2.78. The van der Waals surface area contributed by atoms with Crippen LogP contribution in [0.4, 0.5) is 0 Å². The molecule has 0 spiro atoms. The van der Waals surface area contributed by atoms with Gasteiger partial charge in [-0.1, -0.05) is 52.3 Å². The number of halogens is 1. The Balaban J connectivity index is 1.78. The van der Waals surface area contributed by atoms with Crippen molar-refractivity contribution in [3.05, 3.63) is 82.1 Å². The number of hydrogen-bond acceptors (Lipinski definition) is 5. The molecule has 3 aromatic rings. The van der Waals surface area contributed by atoms with Gasteiger partial charge < -0.3 is 4.74 Å². The summed E-state index contributed by atoms with van der Waals surface area (Å²) in [5.74, 6) is -0.545. The molecule has 2 heterocycles. The maximum absolute atomic E-state index is 12.3. The van der Waals surface area contributed by atoms with Gasteiger partial charge in [-0.05, 0) is 24.3 Å². The molecule has 0 radical (unpaired) electrons. The fraction of sp³-hybridized carbons (Fsp3) is 0.0476. The second-order valence-electron chi connectivity index (χ2n) is 6.11. The molecule has 1 aliphatic heterocycles. The molecule has 0 bridgehead atoms. The average Bonchev–Trinajstić information content (AvgIpc) is 3.27. The van der Waals surface area contributed by atoms with E-state index in [2.05, 4.69) is 26.0 Å². The van der Waals surface area contributed by atoms with Gasteiger partial charge in [-0.15, -0.1) is 0 Å². The summed E-state index contributed by atoms with van der Waals surface area (Å²) in [6, 6.07) is 16.8. The largest absolute Gasteiger partial charge is 0.402 e. The number of benzene rings is 2. The van der Waals surface area contributed by atoms with Gasteiger partial charge in [-0.25, -0.2) is 14.5 Å². The number of nitrogens with zero attached hydrogens (tertiary/aromatic N) is 3. The monoisotopic (exact) mass is 435 g/mol. The van der Waals surface area contributed by atoms with E-state index in [1.54, 1.807) is 12.3 Å². The van der Waals surface area contributed by atoms with Crippen LogP contribution in [0, 0.1) is 0 Å². The standard InChI is InChI=1S/C21H14BrN3O3/c1-13(26)25-12-16(19(24-25)14-6-3-2-4-7-14)11-18-21(27)28-20(23-18)15-8-5-9-17(22)10-15/h2-12H,1H3/b18-11-. The first kappa shape index (κ1) is 18.1. The molecule has 6 nitrogen and oxygen atoms in total. The number of carbonyl (C=O) groups excluding carboxylic acids is 2. The van der Waals surface area contributed by atoms with Gasteiger partial charge >= 0.3 is 5.97 Å². The molecule has 0 saturated carbocycles. The molecular weight excluding hydrogens is 422 g/mol. The minimum atomic E-state index is -0.551. The molecule has 0 unspecified atom stereocenters. The van der Waals surface area contributed by atoms with Crippen LogP contribution in [0.2, 0.25) is 0 Å². The Labute approximate surface area is 169 Å². The van der Waals surface area contributed by atoms with Crippen molar-refractivity contribution in [1.29, 1.82) is 0 Å². The molecule has 0 atom stereocenters. The van der Waals surface area contributed by atoms with E-state index < -0.39 is 5.97 Å². The number of esters is 1. The molecule has 0 aliphatic carbocycles. The van der Waals surface area contributed by atoms with E-state index in [9.17, 15) is 9.59 Å². The first-order valence-corrected chi connectivity index (χ1v) is 9.25. The van der Waals surface area contributed by atoms with Crippen molar-refractivity contribution >= 4 is 39.8 Å². The van der Waals surface area contributed by atoms with E-state index in [1.807, 2.05) is 54.6 Å². The number of aliphatic imine (C=N–C) groups is 1. The van der Waals surface area contributed by atoms with Crippen LogP contribution in [0.5, 0.6) is 0 Å². The molecule has 4 rings (SSSR count). The van der Waals surface area contributed by atoms with E-state index in [-0.39, 0.29) is 17.5 Å². The Kier molecular flexibility index (Phi) is 4.75. The zero-order valence-electron chi connectivity index (χ0n) is 14.8. The minimum absolute atomic E-state index is 0.148. The van der Waals surface area contributed by atoms with Crippen LogP contribution in [0.3, 0.4) is 0 Å². The Morgan fingerprint density at radius 2 is 1.86 bits per heavy atom. The van der Waals surface area contributed by atoms with Crippen LogP contribution >= 0.6 is 15.9 Å². The lowest BCUT2D eigenvalue weighted by Crippen LogP contribution is -2.05. The van der Waals surface area contributed by atoms with E-state index in [1.165, 1.54) is 11.6 Å². The zero-order valence-corrected chi connectivity index (χ0v) is 16.4. The van der Waals surface area contributed by atoms with Gasteiger partial charge in [0.1, 0.15) is 5.69 Å². The zero-order chi connectivity index (χ0) is 19.7. The Hall–Kier alpha value is -3.32. The normalized spacial score (nSPS) is 14.9. The molecular formula is C21H14BrN3O3. The van der Waals surface area contributed by atoms with Gasteiger partial charge in [-0.2, -0.15) is 5.10 Å². The van der Waals surface area contributed by atoms with E-state index in [0.29, 0.717) is 16.8 Å². The van der Waals surface area contributed by atoms with Crippen LogP contribution in [-0.2, 0) is 9.53 Å². The van der Waals surface area contributed by atoms with E-state index in [0.717, 1.165) is 10.0 Å². The van der Waals surface area contributed by atoms with Gasteiger partial charge in [0.05, 0.1) is 0 Å². The molecule has 1 aliphatic rings. The summed E-state index contributed by atoms with van der Waals surface area (Å²) in [5.41, 5.74) is 2.86. The highest BCUT2D eigenvalue weighted by Crippen LogP contribution is 2.27. The molecule has 0 N–H and O–H groups in total. The maximum Gasteiger partial charge on any atom is 0.363 e. The van der Waals surface area contributed by atoms with Crippen molar-refractivity contribution in [1.82, 2.24) is 9.78 Å². The fourth-order valence-corrected chi connectivity index (χ4v) is 3.18. The maximum atomic E-state index is 12.3. The molecule has 7 heteroatoms. The summed E-state index contributed by atoms with van der Waals surface area (Å²) in [6.45, 7) is 1.42. The van der Waals surface area contributed by atoms with Crippen LogP contribution in [-0.4, -0.2) is 27.6 Å². The molecule has 0 amide bonds. The van der Waals surface area contributed by atoms with E-state index in [4.69, 9.17) is 4.74 Å². The molecule has 28 heavy (non-hydrogen) atoms. The number of carbonyl (C=O) groups is 2. The molecule has 0 fully saturated rings. The van der Waals surface area contributed by atoms with Crippen molar-refractivity contribution in [2.75, 3.05) is 0 Å². The Bertz CT molecular complexity index is 1150. The lowest BCUT2D eigenvalue weighted by molar-refractivity contribution is -0.129. The van der Waals surface area contributed by atoms with E-state index >= 15 is 0 Å².